The molecule has 0 bridgehead atoms. The lowest BCUT2D eigenvalue weighted by atomic mass is 10.1. The van der Waals surface area contributed by atoms with Gasteiger partial charge in [-0.2, -0.15) is 0 Å². The van der Waals surface area contributed by atoms with E-state index in [1.807, 2.05) is 24.3 Å². The molecule has 1 aromatic carbocycles. The Morgan fingerprint density at radius 1 is 1.40 bits per heavy atom. The van der Waals surface area contributed by atoms with Gasteiger partial charge in [0.25, 0.3) is 5.56 Å². The van der Waals surface area contributed by atoms with Crippen LogP contribution in [0.25, 0.3) is 0 Å². The van der Waals surface area contributed by atoms with Gasteiger partial charge < -0.3 is 15.0 Å². The number of fused-ring (bicyclic) bond motifs is 1. The fraction of sp³-hybridized carbons (Fsp3) is 0.333. The summed E-state index contributed by atoms with van der Waals surface area (Å²) >= 11 is 0. The maximum atomic E-state index is 12.0. The van der Waals surface area contributed by atoms with Crippen molar-refractivity contribution < 1.29 is 4.74 Å². The molecule has 0 amide bonds. The molecule has 5 nitrogen and oxygen atoms in total. The lowest BCUT2D eigenvalue weighted by Gasteiger charge is -2.16. The van der Waals surface area contributed by atoms with E-state index in [2.05, 4.69) is 15.3 Å². The van der Waals surface area contributed by atoms with Crippen molar-refractivity contribution in [2.45, 2.75) is 19.4 Å². The van der Waals surface area contributed by atoms with Crippen LogP contribution in [0.4, 0.5) is 0 Å². The minimum absolute atomic E-state index is 0.00519. The first-order valence-electron chi connectivity index (χ1n) is 6.71. The van der Waals surface area contributed by atoms with Crippen molar-refractivity contribution in [3.63, 3.8) is 0 Å². The molecular weight excluding hydrogens is 254 g/mol. The lowest BCUT2D eigenvalue weighted by molar-refractivity contribution is 0.414. The van der Waals surface area contributed by atoms with Crippen LogP contribution in [0, 0.1) is 0 Å². The highest BCUT2D eigenvalue weighted by atomic mass is 16.5. The number of aromatic nitrogens is 2. The lowest BCUT2D eigenvalue weighted by Crippen LogP contribution is -2.31. The molecule has 3 rings (SSSR count). The molecule has 1 aliphatic rings. The number of ether oxygens (including phenoxy) is 1. The van der Waals surface area contributed by atoms with Crippen molar-refractivity contribution >= 4 is 0 Å². The Morgan fingerprint density at radius 2 is 2.30 bits per heavy atom. The molecule has 0 saturated heterocycles. The number of nitrogens with one attached hydrogen (secondary N) is 2. The minimum Gasteiger partial charge on any atom is -0.497 e. The van der Waals surface area contributed by atoms with Gasteiger partial charge in [-0.15, -0.1) is 0 Å². The van der Waals surface area contributed by atoms with Gasteiger partial charge in [-0.05, 0) is 30.7 Å². The molecule has 104 valence electrons. The summed E-state index contributed by atoms with van der Waals surface area (Å²) in [6.45, 7) is 1.51. The second-order valence-electron chi connectivity index (χ2n) is 4.89. The average Bonchev–Trinajstić information content (AvgIpc) is 2.47. The monoisotopic (exact) mass is 271 g/mol. The highest BCUT2D eigenvalue weighted by Crippen LogP contribution is 2.15. The van der Waals surface area contributed by atoms with Crippen molar-refractivity contribution in [1.29, 1.82) is 0 Å². The third-order valence-electron chi connectivity index (χ3n) is 3.50. The Kier molecular flexibility index (Phi) is 3.52. The molecule has 2 N–H and O–H groups in total. The molecular formula is C15H17N3O2. The van der Waals surface area contributed by atoms with Gasteiger partial charge in [-0.25, -0.2) is 4.98 Å². The molecule has 1 aromatic heterocycles. The van der Waals surface area contributed by atoms with Gasteiger partial charge in [-0.1, -0.05) is 12.1 Å². The summed E-state index contributed by atoms with van der Waals surface area (Å²) in [5, 5.41) is 3.24. The number of aromatic amines is 1. The molecule has 0 unspecified atom stereocenters. The van der Waals surface area contributed by atoms with E-state index in [0.717, 1.165) is 35.5 Å². The van der Waals surface area contributed by atoms with Crippen LogP contribution in [0.1, 0.15) is 22.6 Å². The van der Waals surface area contributed by atoms with Crippen molar-refractivity contribution in [2.75, 3.05) is 13.7 Å². The van der Waals surface area contributed by atoms with Gasteiger partial charge in [0.15, 0.2) is 0 Å². The van der Waals surface area contributed by atoms with E-state index in [4.69, 9.17) is 4.74 Å². The van der Waals surface area contributed by atoms with Crippen LogP contribution < -0.4 is 15.6 Å². The average molecular weight is 271 g/mol. The summed E-state index contributed by atoms with van der Waals surface area (Å²) in [5.41, 5.74) is 2.75. The molecule has 2 heterocycles. The summed E-state index contributed by atoms with van der Waals surface area (Å²) in [6.07, 6.45) is 1.34. The Morgan fingerprint density at radius 3 is 3.15 bits per heavy atom. The third kappa shape index (κ3) is 2.58. The van der Waals surface area contributed by atoms with Crippen molar-refractivity contribution in [3.8, 4) is 5.75 Å². The Bertz CT molecular complexity index is 679. The maximum Gasteiger partial charge on any atom is 0.254 e. The molecule has 0 aliphatic carbocycles. The van der Waals surface area contributed by atoms with Crippen molar-refractivity contribution in [3.05, 3.63) is 57.3 Å². The summed E-state index contributed by atoms with van der Waals surface area (Å²) < 4.78 is 5.20. The van der Waals surface area contributed by atoms with E-state index in [0.29, 0.717) is 18.8 Å². The molecule has 0 atom stereocenters. The molecule has 20 heavy (non-hydrogen) atoms. The van der Waals surface area contributed by atoms with E-state index in [1.54, 1.807) is 7.11 Å². The van der Waals surface area contributed by atoms with Gasteiger partial charge in [0, 0.05) is 18.5 Å². The molecule has 0 fully saturated rings. The molecule has 0 radical (unpaired) electrons. The summed E-state index contributed by atoms with van der Waals surface area (Å²) in [6, 6.07) is 7.79. The summed E-state index contributed by atoms with van der Waals surface area (Å²) in [7, 11) is 1.64. The van der Waals surface area contributed by atoms with Gasteiger partial charge in [0.05, 0.1) is 12.8 Å². The zero-order chi connectivity index (χ0) is 13.9. The molecule has 1 aliphatic heterocycles. The standard InChI is InChI=1S/C15H17N3O2/c1-20-11-4-2-3-10(7-11)8-14-17-13-9-16-6-5-12(13)15(19)18-14/h2-4,7,16H,5-6,8-9H2,1H3,(H,17,18,19). The largest absolute Gasteiger partial charge is 0.497 e. The van der Waals surface area contributed by atoms with E-state index < -0.39 is 0 Å². The van der Waals surface area contributed by atoms with Crippen molar-refractivity contribution in [1.82, 2.24) is 15.3 Å². The first-order chi connectivity index (χ1) is 9.76. The molecule has 5 heteroatoms. The second kappa shape index (κ2) is 5.46. The van der Waals surface area contributed by atoms with Crippen LogP contribution in [0.15, 0.2) is 29.1 Å². The van der Waals surface area contributed by atoms with Gasteiger partial charge in [0.2, 0.25) is 0 Å². The van der Waals surface area contributed by atoms with Crippen LogP contribution in [0.5, 0.6) is 5.75 Å². The van der Waals surface area contributed by atoms with E-state index in [9.17, 15) is 4.79 Å². The van der Waals surface area contributed by atoms with Crippen molar-refractivity contribution in [2.24, 2.45) is 0 Å². The smallest absolute Gasteiger partial charge is 0.254 e. The first-order valence-corrected chi connectivity index (χ1v) is 6.71. The van der Waals surface area contributed by atoms with Gasteiger partial charge in [0.1, 0.15) is 11.6 Å². The second-order valence-corrected chi connectivity index (χ2v) is 4.89. The minimum atomic E-state index is -0.00519. The highest BCUT2D eigenvalue weighted by molar-refractivity contribution is 5.31. The Balaban J connectivity index is 1.91. The summed E-state index contributed by atoms with van der Waals surface area (Å²) in [4.78, 5) is 19.5. The van der Waals surface area contributed by atoms with Gasteiger partial charge in [-0.3, -0.25) is 4.79 Å². The SMILES string of the molecule is COc1cccc(Cc2nc3c(c(=O)[nH]2)CCNC3)c1. The van der Waals surface area contributed by atoms with E-state index in [1.165, 1.54) is 0 Å². The number of methoxy groups -OCH3 is 1. The zero-order valence-electron chi connectivity index (χ0n) is 11.4. The van der Waals surface area contributed by atoms with E-state index in [-0.39, 0.29) is 5.56 Å². The zero-order valence-corrected chi connectivity index (χ0v) is 11.4. The quantitative estimate of drug-likeness (QED) is 0.874. The summed E-state index contributed by atoms with van der Waals surface area (Å²) in [5.74, 6) is 1.51. The fourth-order valence-corrected chi connectivity index (χ4v) is 2.48. The number of hydrogen-bond donors (Lipinski definition) is 2. The Hall–Kier alpha value is -2.14. The number of benzene rings is 1. The maximum absolute atomic E-state index is 12.0. The molecule has 2 aromatic rings. The van der Waals surface area contributed by atoms with Crippen LogP contribution >= 0.6 is 0 Å². The Labute approximate surface area is 117 Å². The first kappa shape index (κ1) is 12.9. The predicted molar refractivity (Wildman–Crippen MR) is 76.1 cm³/mol. The number of nitrogens with zero attached hydrogens (tertiary/aromatic N) is 1. The molecule has 0 spiro atoms. The van der Waals surface area contributed by atoms with Crippen LogP contribution in [0.2, 0.25) is 0 Å². The third-order valence-corrected chi connectivity index (χ3v) is 3.50. The van der Waals surface area contributed by atoms with Crippen LogP contribution in [-0.2, 0) is 19.4 Å². The van der Waals surface area contributed by atoms with Gasteiger partial charge >= 0.3 is 0 Å². The number of rotatable bonds is 3. The topological polar surface area (TPSA) is 67.0 Å². The number of H-pyrrole nitrogens is 1. The fourth-order valence-electron chi connectivity index (χ4n) is 2.48. The van der Waals surface area contributed by atoms with Crippen LogP contribution in [0.3, 0.4) is 0 Å². The normalized spacial score (nSPS) is 13.8. The molecule has 0 saturated carbocycles. The van der Waals surface area contributed by atoms with E-state index >= 15 is 0 Å². The predicted octanol–water partition coefficient (Wildman–Crippen LogP) is 1.01. The number of hydrogen-bond acceptors (Lipinski definition) is 4. The van der Waals surface area contributed by atoms with Crippen LogP contribution in [-0.4, -0.2) is 23.6 Å². The highest BCUT2D eigenvalue weighted by Gasteiger charge is 2.15.